The van der Waals surface area contributed by atoms with E-state index in [1.165, 1.54) is 6.07 Å². The Morgan fingerprint density at radius 2 is 2.23 bits per heavy atom. The first-order valence-corrected chi connectivity index (χ1v) is 7.39. The summed E-state index contributed by atoms with van der Waals surface area (Å²) in [6.07, 6.45) is 0. The number of nitrogens with zero attached hydrogens (tertiary/aromatic N) is 2. The summed E-state index contributed by atoms with van der Waals surface area (Å²) in [4.78, 5) is 11.4. The molecule has 2 heterocycles. The maximum atomic E-state index is 10.8. The fraction of sp³-hybridized carbons (Fsp3) is 0.133. The Bertz CT molecular complexity index is 796. The van der Waals surface area contributed by atoms with Crippen molar-refractivity contribution >= 4 is 17.0 Å². The van der Waals surface area contributed by atoms with Crippen molar-refractivity contribution in [1.29, 1.82) is 0 Å². The smallest absolute Gasteiger partial charge is 0.272 e. The highest BCUT2D eigenvalue weighted by molar-refractivity contribution is 7.13. The molecule has 7 heteroatoms. The molecule has 22 heavy (non-hydrogen) atoms. The van der Waals surface area contributed by atoms with E-state index >= 15 is 0 Å². The molecule has 0 aliphatic carbocycles. The van der Waals surface area contributed by atoms with Crippen LogP contribution in [0.5, 0.6) is 5.75 Å². The van der Waals surface area contributed by atoms with E-state index in [4.69, 9.17) is 9.26 Å². The van der Waals surface area contributed by atoms with Crippen molar-refractivity contribution in [2.45, 2.75) is 13.5 Å². The second kappa shape index (κ2) is 5.98. The normalized spacial score (nSPS) is 10.6. The van der Waals surface area contributed by atoms with Crippen LogP contribution in [0.25, 0.3) is 10.6 Å². The maximum absolute atomic E-state index is 10.8. The predicted molar refractivity (Wildman–Crippen MR) is 82.0 cm³/mol. The SMILES string of the molecule is Cc1cc(OCc2cc(-c3cccs3)on2)ccc1[N+](=O)[O-]. The van der Waals surface area contributed by atoms with Gasteiger partial charge in [-0.25, -0.2) is 0 Å². The van der Waals surface area contributed by atoms with Crippen molar-refractivity contribution in [2.75, 3.05) is 0 Å². The molecule has 112 valence electrons. The highest BCUT2D eigenvalue weighted by Crippen LogP contribution is 2.26. The highest BCUT2D eigenvalue weighted by Gasteiger charge is 2.12. The van der Waals surface area contributed by atoms with Crippen molar-refractivity contribution in [2.24, 2.45) is 0 Å². The molecule has 0 unspecified atom stereocenters. The van der Waals surface area contributed by atoms with Gasteiger partial charge < -0.3 is 9.26 Å². The zero-order valence-corrected chi connectivity index (χ0v) is 12.5. The maximum Gasteiger partial charge on any atom is 0.272 e. The van der Waals surface area contributed by atoms with Crippen LogP contribution in [-0.2, 0) is 6.61 Å². The molecule has 0 aliphatic heterocycles. The van der Waals surface area contributed by atoms with Crippen LogP contribution in [0.2, 0.25) is 0 Å². The van der Waals surface area contributed by atoms with E-state index in [9.17, 15) is 10.1 Å². The Kier molecular flexibility index (Phi) is 3.88. The molecule has 0 saturated heterocycles. The number of aryl methyl sites for hydroxylation is 1. The summed E-state index contributed by atoms with van der Waals surface area (Å²) in [5.74, 6) is 1.26. The summed E-state index contributed by atoms with van der Waals surface area (Å²) in [5, 5.41) is 16.7. The number of rotatable bonds is 5. The first-order chi connectivity index (χ1) is 10.6. The fourth-order valence-electron chi connectivity index (χ4n) is 1.99. The molecular formula is C15H12N2O4S. The van der Waals surface area contributed by atoms with E-state index in [0.29, 0.717) is 22.8 Å². The van der Waals surface area contributed by atoms with Crippen LogP contribution in [0.1, 0.15) is 11.3 Å². The summed E-state index contributed by atoms with van der Waals surface area (Å²) in [6.45, 7) is 1.92. The van der Waals surface area contributed by atoms with Gasteiger partial charge in [-0.1, -0.05) is 11.2 Å². The van der Waals surface area contributed by atoms with Gasteiger partial charge in [0.15, 0.2) is 5.76 Å². The van der Waals surface area contributed by atoms with E-state index in [1.54, 1.807) is 30.4 Å². The van der Waals surface area contributed by atoms with Crippen LogP contribution in [-0.4, -0.2) is 10.1 Å². The predicted octanol–water partition coefficient (Wildman–Crippen LogP) is 4.20. The van der Waals surface area contributed by atoms with E-state index in [-0.39, 0.29) is 12.3 Å². The first-order valence-electron chi connectivity index (χ1n) is 6.51. The molecule has 0 atom stereocenters. The number of hydrogen-bond donors (Lipinski definition) is 0. The Balaban J connectivity index is 1.68. The number of nitro benzene ring substituents is 1. The molecule has 0 bridgehead atoms. The summed E-state index contributed by atoms with van der Waals surface area (Å²) in [5.41, 5.74) is 1.30. The number of benzene rings is 1. The number of hydrogen-bond acceptors (Lipinski definition) is 6. The third-order valence-corrected chi connectivity index (χ3v) is 3.96. The van der Waals surface area contributed by atoms with Crippen LogP contribution in [0, 0.1) is 17.0 Å². The zero-order valence-electron chi connectivity index (χ0n) is 11.7. The molecule has 0 aliphatic rings. The summed E-state index contributed by atoms with van der Waals surface area (Å²) in [6, 6.07) is 10.4. The lowest BCUT2D eigenvalue weighted by Gasteiger charge is -2.04. The van der Waals surface area contributed by atoms with Gasteiger partial charge in [-0.2, -0.15) is 0 Å². The largest absolute Gasteiger partial charge is 0.487 e. The fourth-order valence-corrected chi connectivity index (χ4v) is 2.67. The molecule has 3 aromatic rings. The minimum atomic E-state index is -0.413. The molecule has 3 rings (SSSR count). The van der Waals surface area contributed by atoms with E-state index in [1.807, 2.05) is 23.6 Å². The molecule has 0 saturated carbocycles. The lowest BCUT2D eigenvalue weighted by Crippen LogP contribution is -1.97. The molecule has 6 nitrogen and oxygen atoms in total. The third kappa shape index (κ3) is 2.99. The second-order valence-corrected chi connectivity index (χ2v) is 5.60. The van der Waals surface area contributed by atoms with Crippen LogP contribution in [0.4, 0.5) is 5.69 Å². The molecule has 0 amide bonds. The first kappa shape index (κ1) is 14.3. The standard InChI is InChI=1S/C15H12N2O4S/c1-10-7-12(4-5-13(10)17(18)19)20-9-11-8-14(21-16-11)15-3-2-6-22-15/h2-8H,9H2,1H3. The molecule has 1 aromatic carbocycles. The third-order valence-electron chi connectivity index (χ3n) is 3.07. The lowest BCUT2D eigenvalue weighted by molar-refractivity contribution is -0.385. The number of ether oxygens (including phenoxy) is 1. The van der Waals surface area contributed by atoms with Crippen molar-refractivity contribution in [3.8, 4) is 16.4 Å². The molecular weight excluding hydrogens is 304 g/mol. The van der Waals surface area contributed by atoms with Gasteiger partial charge in [-0.05, 0) is 30.5 Å². The molecule has 2 aromatic heterocycles. The van der Waals surface area contributed by atoms with Gasteiger partial charge in [0, 0.05) is 17.7 Å². The molecule has 0 spiro atoms. The van der Waals surface area contributed by atoms with E-state index in [0.717, 1.165) is 4.88 Å². The second-order valence-electron chi connectivity index (χ2n) is 4.65. The minimum absolute atomic E-state index is 0.0776. The van der Waals surface area contributed by atoms with Gasteiger partial charge in [-0.3, -0.25) is 10.1 Å². The number of thiophene rings is 1. The van der Waals surface area contributed by atoms with Crippen molar-refractivity contribution in [1.82, 2.24) is 5.16 Å². The van der Waals surface area contributed by atoms with Crippen LogP contribution in [0.3, 0.4) is 0 Å². The summed E-state index contributed by atoms with van der Waals surface area (Å²) < 4.78 is 10.9. The Morgan fingerprint density at radius 3 is 2.91 bits per heavy atom. The van der Waals surface area contributed by atoms with Crippen molar-refractivity contribution < 1.29 is 14.2 Å². The average Bonchev–Trinajstić information content (AvgIpc) is 3.16. The van der Waals surface area contributed by atoms with Gasteiger partial charge in [0.05, 0.1) is 9.80 Å². The van der Waals surface area contributed by atoms with Crippen molar-refractivity contribution in [3.63, 3.8) is 0 Å². The molecule has 0 radical (unpaired) electrons. The van der Waals surface area contributed by atoms with Gasteiger partial charge in [0.2, 0.25) is 0 Å². The van der Waals surface area contributed by atoms with E-state index in [2.05, 4.69) is 5.16 Å². The number of nitro groups is 1. The van der Waals surface area contributed by atoms with Gasteiger partial charge >= 0.3 is 0 Å². The minimum Gasteiger partial charge on any atom is -0.487 e. The average molecular weight is 316 g/mol. The van der Waals surface area contributed by atoms with E-state index < -0.39 is 4.92 Å². The molecule has 0 fully saturated rings. The topological polar surface area (TPSA) is 78.4 Å². The summed E-state index contributed by atoms with van der Waals surface area (Å²) in [7, 11) is 0. The Hall–Kier alpha value is -2.67. The number of aromatic nitrogens is 1. The van der Waals surface area contributed by atoms with Gasteiger partial charge in [-0.15, -0.1) is 11.3 Å². The molecule has 0 N–H and O–H groups in total. The van der Waals surface area contributed by atoms with Gasteiger partial charge in [0.25, 0.3) is 5.69 Å². The van der Waals surface area contributed by atoms with Gasteiger partial charge in [0.1, 0.15) is 18.1 Å². The Morgan fingerprint density at radius 1 is 1.36 bits per heavy atom. The lowest BCUT2D eigenvalue weighted by atomic mass is 10.2. The van der Waals surface area contributed by atoms with Crippen LogP contribution >= 0.6 is 11.3 Å². The van der Waals surface area contributed by atoms with Crippen molar-refractivity contribution in [3.05, 3.63) is 63.1 Å². The highest BCUT2D eigenvalue weighted by atomic mass is 32.1. The summed E-state index contributed by atoms with van der Waals surface area (Å²) >= 11 is 1.57. The van der Waals surface area contributed by atoms with Crippen LogP contribution in [0.15, 0.2) is 46.3 Å². The van der Waals surface area contributed by atoms with Crippen LogP contribution < -0.4 is 4.74 Å². The Labute approximate surface area is 130 Å². The monoisotopic (exact) mass is 316 g/mol. The zero-order chi connectivity index (χ0) is 15.5. The quantitative estimate of drug-likeness (QED) is 0.520.